The van der Waals surface area contributed by atoms with Crippen LogP contribution >= 0.6 is 23.2 Å². The Morgan fingerprint density at radius 1 is 0.938 bits per heavy atom. The molecule has 0 bridgehead atoms. The van der Waals surface area contributed by atoms with E-state index in [1.54, 1.807) is 24.3 Å². The first kappa shape index (κ1) is 25.3. The summed E-state index contributed by atoms with van der Waals surface area (Å²) in [5.41, 5.74) is 0.698. The van der Waals surface area contributed by atoms with E-state index in [-0.39, 0.29) is 18.1 Å². The van der Waals surface area contributed by atoms with E-state index >= 15 is 0 Å². The summed E-state index contributed by atoms with van der Waals surface area (Å²) in [4.78, 5) is 0.119. The van der Waals surface area contributed by atoms with Crippen LogP contribution in [-0.2, 0) is 23.6 Å². The molecular weight excluding hydrogens is 474 g/mol. The zero-order valence-electron chi connectivity index (χ0n) is 18.8. The van der Waals surface area contributed by atoms with Crippen LogP contribution in [-0.4, -0.2) is 40.0 Å². The van der Waals surface area contributed by atoms with Crippen LogP contribution in [0.15, 0.2) is 41.3 Å². The van der Waals surface area contributed by atoms with Crippen molar-refractivity contribution in [1.82, 2.24) is 0 Å². The topological polar surface area (TPSA) is 71.1 Å². The Kier molecular flexibility index (Phi) is 7.54. The number of aryl methyl sites for hydroxylation is 1. The van der Waals surface area contributed by atoms with E-state index in [1.165, 1.54) is 12.1 Å². The van der Waals surface area contributed by atoms with Crippen molar-refractivity contribution in [3.63, 3.8) is 0 Å². The maximum absolute atomic E-state index is 12.2. The molecule has 1 saturated heterocycles. The lowest BCUT2D eigenvalue weighted by Gasteiger charge is -2.32. The zero-order valence-corrected chi connectivity index (χ0v) is 21.1. The molecule has 1 aliphatic rings. The molecule has 2 aromatic rings. The standard InChI is InChI=1S/C22H27BCl2O6S/c1-15-7-9-17(10-8-15)32(26,27)29-12-6-11-28-20-18(24)13-16(14-19(20)25)23-30-21(2,3)22(4,5)31-23/h7-10,13-14H,6,11-12H2,1-5H3. The summed E-state index contributed by atoms with van der Waals surface area (Å²) < 4.78 is 47.2. The predicted octanol–water partition coefficient (Wildman–Crippen LogP) is 4.78. The molecule has 10 heteroatoms. The smallest absolute Gasteiger partial charge is 0.490 e. The van der Waals surface area contributed by atoms with Crippen LogP contribution in [0.5, 0.6) is 5.75 Å². The summed E-state index contributed by atoms with van der Waals surface area (Å²) in [6, 6.07) is 9.87. The van der Waals surface area contributed by atoms with Gasteiger partial charge < -0.3 is 14.0 Å². The van der Waals surface area contributed by atoms with Gasteiger partial charge in [-0.25, -0.2) is 0 Å². The first-order valence-electron chi connectivity index (χ1n) is 10.3. The van der Waals surface area contributed by atoms with Gasteiger partial charge in [0.2, 0.25) is 0 Å². The molecule has 0 unspecified atom stereocenters. The van der Waals surface area contributed by atoms with Gasteiger partial charge in [-0.2, -0.15) is 8.42 Å². The van der Waals surface area contributed by atoms with E-state index in [0.29, 0.717) is 27.7 Å². The predicted molar refractivity (Wildman–Crippen MR) is 127 cm³/mol. The van der Waals surface area contributed by atoms with Gasteiger partial charge in [0.25, 0.3) is 10.1 Å². The van der Waals surface area contributed by atoms with Crippen molar-refractivity contribution in [2.45, 2.75) is 57.1 Å². The monoisotopic (exact) mass is 500 g/mol. The highest BCUT2D eigenvalue weighted by Gasteiger charge is 2.51. The third kappa shape index (κ3) is 5.61. The lowest BCUT2D eigenvalue weighted by molar-refractivity contribution is 0.00578. The van der Waals surface area contributed by atoms with Crippen LogP contribution in [0.3, 0.4) is 0 Å². The van der Waals surface area contributed by atoms with Crippen LogP contribution in [0.25, 0.3) is 0 Å². The van der Waals surface area contributed by atoms with E-state index in [4.69, 9.17) is 41.4 Å². The Labute approximate surface area is 200 Å². The largest absolute Gasteiger partial charge is 0.494 e. The fourth-order valence-electron chi connectivity index (χ4n) is 3.01. The molecular formula is C22H27BCl2O6S. The Morgan fingerprint density at radius 2 is 1.47 bits per heavy atom. The van der Waals surface area contributed by atoms with Crippen molar-refractivity contribution in [2.75, 3.05) is 13.2 Å². The van der Waals surface area contributed by atoms with Crippen LogP contribution in [0.4, 0.5) is 0 Å². The van der Waals surface area contributed by atoms with Crippen LogP contribution in [0, 0.1) is 6.92 Å². The van der Waals surface area contributed by atoms with Crippen molar-refractivity contribution in [1.29, 1.82) is 0 Å². The summed E-state index contributed by atoms with van der Waals surface area (Å²) in [7, 11) is -4.40. The van der Waals surface area contributed by atoms with E-state index in [9.17, 15) is 8.42 Å². The molecule has 6 nitrogen and oxygen atoms in total. The second kappa shape index (κ2) is 9.53. The number of ether oxygens (including phenoxy) is 1. The number of hydrogen-bond donors (Lipinski definition) is 0. The summed E-state index contributed by atoms with van der Waals surface area (Å²) >= 11 is 12.8. The molecule has 0 radical (unpaired) electrons. The highest BCUT2D eigenvalue weighted by molar-refractivity contribution is 7.86. The molecule has 2 aromatic carbocycles. The second-order valence-corrected chi connectivity index (χ2v) is 11.1. The molecule has 3 rings (SSSR count). The molecule has 1 fully saturated rings. The van der Waals surface area contributed by atoms with Crippen LogP contribution in [0.2, 0.25) is 10.0 Å². The molecule has 0 atom stereocenters. The van der Waals surface area contributed by atoms with Gasteiger partial charge in [0.15, 0.2) is 5.75 Å². The van der Waals surface area contributed by atoms with Gasteiger partial charge in [-0.15, -0.1) is 0 Å². The maximum Gasteiger partial charge on any atom is 0.494 e. The first-order chi connectivity index (χ1) is 14.8. The minimum Gasteiger partial charge on any atom is -0.490 e. The molecule has 0 spiro atoms. The average molecular weight is 501 g/mol. The lowest BCUT2D eigenvalue weighted by atomic mass is 9.79. The third-order valence-electron chi connectivity index (χ3n) is 5.63. The Hall–Kier alpha value is -1.29. The Balaban J connectivity index is 1.55. The van der Waals surface area contributed by atoms with Crippen molar-refractivity contribution < 1.29 is 26.6 Å². The van der Waals surface area contributed by atoms with Gasteiger partial charge in [-0.05, 0) is 64.3 Å². The maximum atomic E-state index is 12.2. The van der Waals surface area contributed by atoms with Crippen LogP contribution in [0.1, 0.15) is 39.7 Å². The van der Waals surface area contributed by atoms with E-state index in [1.807, 2.05) is 34.6 Å². The minimum absolute atomic E-state index is 0.0303. The quantitative estimate of drug-likeness (QED) is 0.295. The van der Waals surface area contributed by atoms with Crippen molar-refractivity contribution in [3.05, 3.63) is 52.0 Å². The summed E-state index contributed by atoms with van der Waals surface area (Å²) in [6.07, 6.45) is 0.330. The summed E-state index contributed by atoms with van der Waals surface area (Å²) in [5.74, 6) is 0.315. The van der Waals surface area contributed by atoms with Crippen molar-refractivity contribution in [3.8, 4) is 5.75 Å². The Morgan fingerprint density at radius 3 is 2.00 bits per heavy atom. The van der Waals surface area contributed by atoms with Crippen molar-refractivity contribution >= 4 is 45.9 Å². The normalized spacial score (nSPS) is 17.5. The number of halogens is 2. The number of rotatable bonds is 8. The van der Waals surface area contributed by atoms with Gasteiger partial charge in [-0.3, -0.25) is 4.18 Å². The number of hydrogen-bond acceptors (Lipinski definition) is 6. The third-order valence-corrected chi connectivity index (χ3v) is 7.52. The highest BCUT2D eigenvalue weighted by Crippen LogP contribution is 2.38. The van der Waals surface area contributed by atoms with Crippen LogP contribution < -0.4 is 10.2 Å². The second-order valence-electron chi connectivity index (χ2n) is 8.69. The van der Waals surface area contributed by atoms with Gasteiger partial charge in [0.05, 0.1) is 39.4 Å². The molecule has 0 aromatic heterocycles. The first-order valence-corrected chi connectivity index (χ1v) is 12.4. The van der Waals surface area contributed by atoms with Gasteiger partial charge in [0.1, 0.15) is 0 Å². The van der Waals surface area contributed by atoms with Gasteiger partial charge >= 0.3 is 7.12 Å². The molecule has 0 aliphatic carbocycles. The van der Waals surface area contributed by atoms with E-state index < -0.39 is 28.4 Å². The SMILES string of the molecule is Cc1ccc(S(=O)(=O)OCCCOc2c(Cl)cc(B3OC(C)(C)C(C)(C)O3)cc2Cl)cc1. The lowest BCUT2D eigenvalue weighted by Crippen LogP contribution is -2.41. The van der Waals surface area contributed by atoms with E-state index in [0.717, 1.165) is 5.56 Å². The molecule has 0 saturated carbocycles. The molecule has 174 valence electrons. The average Bonchev–Trinajstić information content (AvgIpc) is 2.91. The molecule has 0 N–H and O–H groups in total. The minimum atomic E-state index is -3.81. The molecule has 32 heavy (non-hydrogen) atoms. The van der Waals surface area contributed by atoms with E-state index in [2.05, 4.69) is 0 Å². The molecule has 1 aliphatic heterocycles. The van der Waals surface area contributed by atoms with Gasteiger partial charge in [0, 0.05) is 6.42 Å². The zero-order chi connectivity index (χ0) is 23.7. The summed E-state index contributed by atoms with van der Waals surface area (Å²) in [6.45, 7) is 9.90. The Bertz CT molecular complexity index is 1030. The summed E-state index contributed by atoms with van der Waals surface area (Å²) in [5, 5.41) is 0.630. The fraction of sp³-hybridized carbons (Fsp3) is 0.455. The number of benzene rings is 2. The highest BCUT2D eigenvalue weighted by atomic mass is 35.5. The fourth-order valence-corrected chi connectivity index (χ4v) is 4.56. The molecule has 0 amide bonds. The van der Waals surface area contributed by atoms with Crippen molar-refractivity contribution in [2.24, 2.45) is 0 Å². The van der Waals surface area contributed by atoms with Gasteiger partial charge in [-0.1, -0.05) is 40.9 Å². The molecule has 1 heterocycles.